The number of aryl methyl sites for hydroxylation is 1. The van der Waals surface area contributed by atoms with E-state index >= 15 is 0 Å². The molecule has 2 aromatic carbocycles. The van der Waals surface area contributed by atoms with Crippen LogP contribution in [-0.4, -0.2) is 42.8 Å². The van der Waals surface area contributed by atoms with Gasteiger partial charge in [-0.05, 0) is 92.7 Å². The molecule has 3 rings (SSSR count). The number of nitrogen functional groups attached to an aromatic ring is 1. The molecule has 0 fully saturated rings. The zero-order valence-corrected chi connectivity index (χ0v) is 30.9. The van der Waals surface area contributed by atoms with Crippen LogP contribution in [-0.2, 0) is 4.74 Å². The van der Waals surface area contributed by atoms with E-state index in [9.17, 15) is 4.79 Å². The summed E-state index contributed by atoms with van der Waals surface area (Å²) in [5, 5.41) is 14.0. The molecular weight excluding hydrogens is 647 g/mol. The number of carbonyl (C=O) groups is 1. The minimum atomic E-state index is -0.297. The second-order valence-corrected chi connectivity index (χ2v) is 15.0. The highest BCUT2D eigenvalue weighted by Gasteiger charge is 2.26. The van der Waals surface area contributed by atoms with Crippen LogP contribution >= 0.6 is 34.9 Å². The van der Waals surface area contributed by atoms with E-state index in [4.69, 9.17) is 27.3 Å². The van der Waals surface area contributed by atoms with E-state index in [1.54, 1.807) is 29.6 Å². The molecule has 256 valence electrons. The quantitative estimate of drug-likeness (QED) is 0.0335. The number of amides is 2. The second kappa shape index (κ2) is 18.4. The zero-order chi connectivity index (χ0) is 34.6. The van der Waals surface area contributed by atoms with Crippen LogP contribution in [0.5, 0.6) is 0 Å². The Morgan fingerprint density at radius 2 is 1.87 bits per heavy atom. The number of ether oxygens (including phenoxy) is 1. The molecule has 12 heteroatoms. The number of nitrogens with zero attached hydrogens (tertiary/aromatic N) is 1. The molecule has 3 aromatic rings. The van der Waals surface area contributed by atoms with Crippen LogP contribution < -0.4 is 27.8 Å². The van der Waals surface area contributed by atoms with Crippen molar-refractivity contribution in [3.8, 4) is 11.1 Å². The molecular formula is C35H51N7O2S3. The topological polar surface area (TPSA) is 165 Å². The number of anilines is 1. The number of rotatable bonds is 18. The lowest BCUT2D eigenvalue weighted by Gasteiger charge is -2.32. The average Bonchev–Trinajstić information content (AvgIpc) is 3.45. The van der Waals surface area contributed by atoms with E-state index in [0.29, 0.717) is 23.8 Å². The Morgan fingerprint density at radius 3 is 2.51 bits per heavy atom. The molecule has 1 heterocycles. The SMILES string of the molecule is CCC(C)CCOC(CC)(CC)CCCNC(=O)Nc1cc(N=C(N)N)cc(C)c1-c1cccc(Sc2cc(C(=N)N)sc2SC)c1. The fourth-order valence-electron chi connectivity index (χ4n) is 5.35. The van der Waals surface area contributed by atoms with Gasteiger partial charge in [0.05, 0.1) is 26.1 Å². The number of carbonyl (C=O) groups excluding carboxylic acids is 1. The van der Waals surface area contributed by atoms with Crippen LogP contribution in [0.4, 0.5) is 16.2 Å². The van der Waals surface area contributed by atoms with E-state index in [1.165, 1.54) is 11.3 Å². The fourth-order valence-corrected chi connectivity index (χ4v) is 8.40. The van der Waals surface area contributed by atoms with Gasteiger partial charge in [0.15, 0.2) is 5.96 Å². The summed E-state index contributed by atoms with van der Waals surface area (Å²) in [6, 6.07) is 13.5. The van der Waals surface area contributed by atoms with Gasteiger partial charge in [-0.2, -0.15) is 0 Å². The molecule has 0 aliphatic carbocycles. The molecule has 1 atom stereocenters. The molecule has 0 radical (unpaired) electrons. The number of thioether (sulfide) groups is 1. The van der Waals surface area contributed by atoms with Crippen LogP contribution in [0.1, 0.15) is 76.7 Å². The maximum Gasteiger partial charge on any atom is 0.319 e. The van der Waals surface area contributed by atoms with Crippen LogP contribution in [0.25, 0.3) is 11.1 Å². The van der Waals surface area contributed by atoms with Gasteiger partial charge >= 0.3 is 6.03 Å². The minimum Gasteiger partial charge on any atom is -0.383 e. The smallest absolute Gasteiger partial charge is 0.319 e. The first-order valence-corrected chi connectivity index (χ1v) is 19.0. The van der Waals surface area contributed by atoms with Crippen molar-refractivity contribution >= 4 is 64.1 Å². The summed E-state index contributed by atoms with van der Waals surface area (Å²) in [6.07, 6.45) is 7.82. The van der Waals surface area contributed by atoms with E-state index in [-0.39, 0.29) is 23.4 Å². The number of aliphatic imine (C=N–C) groups is 1. The van der Waals surface area contributed by atoms with Crippen molar-refractivity contribution in [2.24, 2.45) is 28.1 Å². The van der Waals surface area contributed by atoms with Gasteiger partial charge in [-0.15, -0.1) is 23.1 Å². The number of nitrogens with two attached hydrogens (primary N) is 3. The number of nitrogens with one attached hydrogen (secondary N) is 3. The first-order chi connectivity index (χ1) is 22.4. The molecule has 2 amide bonds. The fraction of sp³-hybridized carbons (Fsp3) is 0.457. The normalized spacial score (nSPS) is 12.0. The molecule has 0 spiro atoms. The van der Waals surface area contributed by atoms with Crippen molar-refractivity contribution < 1.29 is 9.53 Å². The molecule has 47 heavy (non-hydrogen) atoms. The number of thiophene rings is 1. The lowest BCUT2D eigenvalue weighted by atomic mass is 9.91. The Bertz CT molecular complexity index is 1530. The first kappa shape index (κ1) is 38.3. The molecule has 1 unspecified atom stereocenters. The van der Waals surface area contributed by atoms with Gasteiger partial charge < -0.3 is 32.6 Å². The summed E-state index contributed by atoms with van der Waals surface area (Å²) in [6.45, 7) is 12.1. The summed E-state index contributed by atoms with van der Waals surface area (Å²) in [7, 11) is 0. The van der Waals surface area contributed by atoms with Gasteiger partial charge in [-0.1, -0.05) is 58.0 Å². The third-order valence-electron chi connectivity index (χ3n) is 8.39. The summed E-state index contributed by atoms with van der Waals surface area (Å²) < 4.78 is 7.53. The highest BCUT2D eigenvalue weighted by molar-refractivity contribution is 8.03. The van der Waals surface area contributed by atoms with Crippen molar-refractivity contribution in [2.45, 2.75) is 92.7 Å². The van der Waals surface area contributed by atoms with E-state index in [0.717, 1.165) is 80.7 Å². The van der Waals surface area contributed by atoms with Crippen LogP contribution in [0.15, 0.2) is 61.5 Å². The Hall–Kier alpha value is -3.19. The summed E-state index contributed by atoms with van der Waals surface area (Å²) in [4.78, 5) is 20.3. The molecule has 0 saturated heterocycles. The number of amidine groups is 1. The van der Waals surface area contributed by atoms with Crippen molar-refractivity contribution in [1.29, 1.82) is 5.41 Å². The zero-order valence-electron chi connectivity index (χ0n) is 28.5. The highest BCUT2D eigenvalue weighted by atomic mass is 32.2. The predicted octanol–water partition coefficient (Wildman–Crippen LogP) is 8.70. The number of benzene rings is 2. The van der Waals surface area contributed by atoms with E-state index < -0.39 is 0 Å². The third kappa shape index (κ3) is 11.2. The summed E-state index contributed by atoms with van der Waals surface area (Å²) in [5.41, 5.74) is 20.9. The Kier molecular flexibility index (Phi) is 15.0. The Labute approximate surface area is 292 Å². The monoisotopic (exact) mass is 697 g/mol. The van der Waals surface area contributed by atoms with Gasteiger partial charge in [0.25, 0.3) is 0 Å². The van der Waals surface area contributed by atoms with Gasteiger partial charge in [0, 0.05) is 28.5 Å². The maximum absolute atomic E-state index is 13.2. The largest absolute Gasteiger partial charge is 0.383 e. The molecule has 9 nitrogen and oxygen atoms in total. The van der Waals surface area contributed by atoms with Gasteiger partial charge in [-0.3, -0.25) is 5.41 Å². The van der Waals surface area contributed by atoms with Crippen LogP contribution in [0.2, 0.25) is 0 Å². The molecule has 0 aliphatic heterocycles. The molecule has 0 aliphatic rings. The number of urea groups is 1. The van der Waals surface area contributed by atoms with Crippen molar-refractivity contribution in [3.05, 3.63) is 52.9 Å². The van der Waals surface area contributed by atoms with Gasteiger partial charge in [-0.25, -0.2) is 9.79 Å². The highest BCUT2D eigenvalue weighted by Crippen LogP contribution is 2.42. The van der Waals surface area contributed by atoms with Crippen molar-refractivity contribution in [3.63, 3.8) is 0 Å². The summed E-state index contributed by atoms with van der Waals surface area (Å²) in [5.74, 6) is 0.664. The van der Waals surface area contributed by atoms with Crippen LogP contribution in [0, 0.1) is 18.3 Å². The summed E-state index contributed by atoms with van der Waals surface area (Å²) >= 11 is 4.78. The Balaban J connectivity index is 1.79. The van der Waals surface area contributed by atoms with Crippen LogP contribution in [0.3, 0.4) is 0 Å². The second-order valence-electron chi connectivity index (χ2n) is 11.8. The minimum absolute atomic E-state index is 0.0575. The molecule has 0 bridgehead atoms. The number of guanidine groups is 1. The van der Waals surface area contributed by atoms with Crippen molar-refractivity contribution in [2.75, 3.05) is 24.7 Å². The lowest BCUT2D eigenvalue weighted by molar-refractivity contribution is -0.0623. The standard InChI is InChI=1S/C35H51N7O2S3/c1-7-22(4)14-17-44-35(8-2,9-3)15-11-16-40-34(43)42-27-20-25(41-33(38)39)18-23(5)30(27)24-12-10-13-26(19-24)46-29-21-28(31(36)37)47-32(29)45-6/h10,12-13,18-22H,7-9,11,14-17H2,1-6H3,(H3,36,37)(H4,38,39,41)(H2,40,42,43). The first-order valence-electron chi connectivity index (χ1n) is 16.2. The predicted molar refractivity (Wildman–Crippen MR) is 203 cm³/mol. The van der Waals surface area contributed by atoms with Gasteiger partial charge in [0.2, 0.25) is 0 Å². The van der Waals surface area contributed by atoms with E-state index in [1.807, 2.05) is 43.5 Å². The Morgan fingerprint density at radius 1 is 1.13 bits per heavy atom. The number of hydrogen-bond donors (Lipinski definition) is 6. The molecule has 0 saturated carbocycles. The average molecular weight is 698 g/mol. The van der Waals surface area contributed by atoms with Crippen molar-refractivity contribution in [1.82, 2.24) is 5.32 Å². The number of hydrogen-bond acceptors (Lipinski definition) is 7. The third-order valence-corrected chi connectivity index (χ3v) is 12.0. The van der Waals surface area contributed by atoms with E-state index in [2.05, 4.69) is 49.4 Å². The maximum atomic E-state index is 13.2. The lowest BCUT2D eigenvalue weighted by Crippen LogP contribution is -2.35. The molecule has 1 aromatic heterocycles. The molecule has 9 N–H and O–H groups in total. The van der Waals surface area contributed by atoms with Gasteiger partial charge in [0.1, 0.15) is 5.84 Å².